The van der Waals surface area contributed by atoms with Gasteiger partial charge >= 0.3 is 0 Å². The van der Waals surface area contributed by atoms with E-state index in [1.165, 1.54) is 0 Å². The van der Waals surface area contributed by atoms with E-state index in [4.69, 9.17) is 4.74 Å². The van der Waals surface area contributed by atoms with Gasteiger partial charge in [-0.1, -0.05) is 27.6 Å². The van der Waals surface area contributed by atoms with E-state index in [1.54, 1.807) is 20.2 Å². The number of aryl methyl sites for hydroxylation is 1. The molecule has 2 rings (SSSR count). The van der Waals surface area contributed by atoms with Crippen LogP contribution in [-0.2, 0) is 0 Å². The van der Waals surface area contributed by atoms with Crippen molar-refractivity contribution >= 4 is 33.2 Å². The smallest absolute Gasteiger partial charge is 0.257 e. The third-order valence-corrected chi connectivity index (χ3v) is 3.51. The normalized spacial score (nSPS) is 10.1. The summed E-state index contributed by atoms with van der Waals surface area (Å²) in [6.45, 7) is 1.96. The number of benzene rings is 2. The van der Waals surface area contributed by atoms with Crippen molar-refractivity contribution in [3.05, 3.63) is 52.0 Å². The summed E-state index contributed by atoms with van der Waals surface area (Å²) in [5, 5.41) is 5.92. The van der Waals surface area contributed by atoms with Gasteiger partial charge in [-0.05, 0) is 31.2 Å². The first kappa shape index (κ1) is 15.4. The van der Waals surface area contributed by atoms with Crippen molar-refractivity contribution < 1.29 is 9.53 Å². The van der Waals surface area contributed by atoms with Gasteiger partial charge in [0.25, 0.3) is 5.91 Å². The molecule has 0 fully saturated rings. The molecule has 2 N–H and O–H groups in total. The van der Waals surface area contributed by atoms with Gasteiger partial charge in [-0.2, -0.15) is 0 Å². The lowest BCUT2D eigenvalue weighted by molar-refractivity contribution is 0.102. The Hall–Kier alpha value is -2.01. The molecule has 5 heteroatoms. The van der Waals surface area contributed by atoms with Gasteiger partial charge < -0.3 is 15.4 Å². The fourth-order valence-corrected chi connectivity index (χ4v) is 2.49. The first-order valence-electron chi connectivity index (χ1n) is 6.48. The van der Waals surface area contributed by atoms with Crippen LogP contribution in [0.25, 0.3) is 0 Å². The summed E-state index contributed by atoms with van der Waals surface area (Å²) in [6.07, 6.45) is 0. The molecule has 0 spiro atoms. The van der Waals surface area contributed by atoms with Gasteiger partial charge in [0, 0.05) is 29.0 Å². The van der Waals surface area contributed by atoms with Crippen LogP contribution in [0.3, 0.4) is 0 Å². The maximum atomic E-state index is 12.4. The Morgan fingerprint density at radius 2 is 1.95 bits per heavy atom. The molecule has 0 saturated heterocycles. The van der Waals surface area contributed by atoms with Gasteiger partial charge in [0.1, 0.15) is 5.75 Å². The number of hydrogen-bond acceptors (Lipinski definition) is 3. The molecule has 2 aromatic carbocycles. The van der Waals surface area contributed by atoms with Gasteiger partial charge in [0.2, 0.25) is 0 Å². The number of halogens is 1. The maximum Gasteiger partial charge on any atom is 0.257 e. The molecule has 4 nitrogen and oxygen atoms in total. The Morgan fingerprint density at radius 1 is 1.19 bits per heavy atom. The van der Waals surface area contributed by atoms with Crippen LogP contribution in [0.1, 0.15) is 15.9 Å². The van der Waals surface area contributed by atoms with Crippen molar-refractivity contribution in [2.75, 3.05) is 24.8 Å². The summed E-state index contributed by atoms with van der Waals surface area (Å²) in [5.74, 6) is 0.515. The SMILES string of the molecule is CNc1ccc(C)cc1C(=O)Nc1cc(Br)cc(OC)c1. The summed E-state index contributed by atoms with van der Waals surface area (Å²) in [6, 6.07) is 11.2. The highest BCUT2D eigenvalue weighted by Crippen LogP contribution is 2.26. The molecule has 0 bridgehead atoms. The van der Waals surface area contributed by atoms with Crippen molar-refractivity contribution in [2.45, 2.75) is 6.92 Å². The highest BCUT2D eigenvalue weighted by Gasteiger charge is 2.12. The van der Waals surface area contributed by atoms with Crippen LogP contribution in [0, 0.1) is 6.92 Å². The number of anilines is 2. The first-order chi connectivity index (χ1) is 10.0. The molecule has 0 radical (unpaired) electrons. The summed E-state index contributed by atoms with van der Waals surface area (Å²) in [5.41, 5.74) is 3.11. The molecule has 0 aliphatic rings. The lowest BCUT2D eigenvalue weighted by Crippen LogP contribution is -2.14. The van der Waals surface area contributed by atoms with E-state index in [0.717, 1.165) is 15.7 Å². The highest BCUT2D eigenvalue weighted by atomic mass is 79.9. The number of amides is 1. The quantitative estimate of drug-likeness (QED) is 0.875. The van der Waals surface area contributed by atoms with Gasteiger partial charge in [-0.3, -0.25) is 4.79 Å². The van der Waals surface area contributed by atoms with Crippen LogP contribution in [0.5, 0.6) is 5.75 Å². The second-order valence-corrected chi connectivity index (χ2v) is 5.55. The number of carbonyl (C=O) groups is 1. The Labute approximate surface area is 132 Å². The fraction of sp³-hybridized carbons (Fsp3) is 0.188. The molecule has 0 aromatic heterocycles. The summed E-state index contributed by atoms with van der Waals surface area (Å²) in [4.78, 5) is 12.4. The zero-order valence-electron chi connectivity index (χ0n) is 12.2. The third-order valence-electron chi connectivity index (χ3n) is 3.05. The summed E-state index contributed by atoms with van der Waals surface area (Å²) in [7, 11) is 3.39. The molecule has 0 atom stereocenters. The van der Waals surface area contributed by atoms with Crippen LogP contribution in [0.15, 0.2) is 40.9 Å². The second kappa shape index (κ2) is 6.63. The summed E-state index contributed by atoms with van der Waals surface area (Å²) >= 11 is 3.40. The number of ether oxygens (including phenoxy) is 1. The number of methoxy groups -OCH3 is 1. The zero-order chi connectivity index (χ0) is 15.4. The van der Waals surface area contributed by atoms with Crippen molar-refractivity contribution in [3.8, 4) is 5.75 Å². The molecule has 21 heavy (non-hydrogen) atoms. The maximum absolute atomic E-state index is 12.4. The molecule has 0 aliphatic carbocycles. The van der Waals surface area contributed by atoms with Crippen molar-refractivity contribution in [1.29, 1.82) is 0 Å². The lowest BCUT2D eigenvalue weighted by atomic mass is 10.1. The Bertz CT molecular complexity index is 671. The molecule has 1 amide bonds. The Balaban J connectivity index is 2.30. The minimum Gasteiger partial charge on any atom is -0.497 e. The average Bonchev–Trinajstić information content (AvgIpc) is 2.46. The first-order valence-corrected chi connectivity index (χ1v) is 7.27. The standard InChI is InChI=1S/C16H17BrN2O2/c1-10-4-5-15(18-2)14(6-10)16(20)19-12-7-11(17)8-13(9-12)21-3/h4-9,18H,1-3H3,(H,19,20). The molecule has 0 unspecified atom stereocenters. The van der Waals surface area contributed by atoms with Crippen molar-refractivity contribution in [2.24, 2.45) is 0 Å². The molecular formula is C16H17BrN2O2. The van der Waals surface area contributed by atoms with E-state index >= 15 is 0 Å². The van der Waals surface area contributed by atoms with Crippen LogP contribution in [0.4, 0.5) is 11.4 Å². The molecular weight excluding hydrogens is 332 g/mol. The van der Waals surface area contributed by atoms with Gasteiger partial charge in [-0.15, -0.1) is 0 Å². The van der Waals surface area contributed by atoms with E-state index in [2.05, 4.69) is 26.6 Å². The van der Waals surface area contributed by atoms with E-state index in [0.29, 0.717) is 17.0 Å². The van der Waals surface area contributed by atoms with Crippen LogP contribution >= 0.6 is 15.9 Å². The van der Waals surface area contributed by atoms with Crippen LogP contribution < -0.4 is 15.4 Å². The molecule has 0 aliphatic heterocycles. The van der Waals surface area contributed by atoms with Crippen LogP contribution in [0.2, 0.25) is 0 Å². The average molecular weight is 349 g/mol. The van der Waals surface area contributed by atoms with E-state index in [1.807, 2.05) is 37.3 Å². The number of nitrogens with one attached hydrogen (secondary N) is 2. The minimum absolute atomic E-state index is 0.164. The minimum atomic E-state index is -0.164. The number of carbonyl (C=O) groups excluding carboxylic acids is 1. The third kappa shape index (κ3) is 3.76. The monoisotopic (exact) mass is 348 g/mol. The fourth-order valence-electron chi connectivity index (χ4n) is 2.02. The van der Waals surface area contributed by atoms with Gasteiger partial charge in [0.05, 0.1) is 12.7 Å². The number of rotatable bonds is 4. The van der Waals surface area contributed by atoms with Gasteiger partial charge in [0.15, 0.2) is 0 Å². The second-order valence-electron chi connectivity index (χ2n) is 4.63. The molecule has 2 aromatic rings. The van der Waals surface area contributed by atoms with E-state index in [-0.39, 0.29) is 5.91 Å². The lowest BCUT2D eigenvalue weighted by Gasteiger charge is -2.12. The predicted molar refractivity (Wildman–Crippen MR) is 89.4 cm³/mol. The van der Waals surface area contributed by atoms with E-state index in [9.17, 15) is 4.79 Å². The summed E-state index contributed by atoms with van der Waals surface area (Å²) < 4.78 is 6.04. The zero-order valence-corrected chi connectivity index (χ0v) is 13.7. The van der Waals surface area contributed by atoms with Crippen molar-refractivity contribution in [1.82, 2.24) is 0 Å². The largest absolute Gasteiger partial charge is 0.497 e. The molecule has 0 saturated carbocycles. The highest BCUT2D eigenvalue weighted by molar-refractivity contribution is 9.10. The van der Waals surface area contributed by atoms with Crippen molar-refractivity contribution in [3.63, 3.8) is 0 Å². The predicted octanol–water partition coefficient (Wildman–Crippen LogP) is 4.06. The number of hydrogen-bond donors (Lipinski definition) is 2. The topological polar surface area (TPSA) is 50.4 Å². The van der Waals surface area contributed by atoms with E-state index < -0.39 is 0 Å². The van der Waals surface area contributed by atoms with Crippen LogP contribution in [-0.4, -0.2) is 20.1 Å². The molecule has 110 valence electrons. The molecule has 0 heterocycles. The Morgan fingerprint density at radius 3 is 2.62 bits per heavy atom. The van der Waals surface area contributed by atoms with Gasteiger partial charge in [-0.25, -0.2) is 0 Å². The Kier molecular flexibility index (Phi) is 4.85.